The third-order valence-corrected chi connectivity index (χ3v) is 3.99. The Balaban J connectivity index is 2.33. The summed E-state index contributed by atoms with van der Waals surface area (Å²) >= 11 is 0. The first-order valence-corrected chi connectivity index (χ1v) is 7.91. The van der Waals surface area contributed by atoms with Gasteiger partial charge in [0.1, 0.15) is 0 Å². The molecule has 1 saturated heterocycles. The highest BCUT2D eigenvalue weighted by molar-refractivity contribution is 5.81. The van der Waals surface area contributed by atoms with Gasteiger partial charge in [-0.1, -0.05) is 20.3 Å². The first kappa shape index (κ1) is 16.4. The largest absolute Gasteiger partial charge is 0.355 e. The minimum Gasteiger partial charge on any atom is -0.355 e. The van der Waals surface area contributed by atoms with Crippen LogP contribution in [-0.2, 0) is 4.79 Å². The number of amides is 1. The second-order valence-electron chi connectivity index (χ2n) is 5.63. The first-order chi connectivity index (χ1) is 9.19. The number of likely N-dealkylation sites (tertiary alicyclic amines) is 1. The van der Waals surface area contributed by atoms with Crippen LogP contribution in [0.25, 0.3) is 0 Å². The molecule has 1 rings (SSSR count). The lowest BCUT2D eigenvalue weighted by Crippen LogP contribution is -2.50. The molecule has 1 fully saturated rings. The van der Waals surface area contributed by atoms with Crippen LogP contribution in [0.1, 0.15) is 46.5 Å². The van der Waals surface area contributed by atoms with Crippen molar-refractivity contribution in [2.45, 2.75) is 52.5 Å². The predicted molar refractivity (Wildman–Crippen MR) is 80.2 cm³/mol. The molecule has 1 aliphatic heterocycles. The highest BCUT2D eigenvalue weighted by atomic mass is 16.2. The molecular weight excluding hydrogens is 238 g/mol. The molecule has 0 saturated carbocycles. The van der Waals surface area contributed by atoms with E-state index in [0.29, 0.717) is 5.92 Å². The number of nitrogens with one attached hydrogen (secondary N) is 2. The quantitative estimate of drug-likeness (QED) is 0.658. The van der Waals surface area contributed by atoms with Crippen molar-refractivity contribution in [1.82, 2.24) is 15.5 Å². The Morgan fingerprint density at radius 1 is 1.42 bits per heavy atom. The molecule has 19 heavy (non-hydrogen) atoms. The highest BCUT2D eigenvalue weighted by Crippen LogP contribution is 2.18. The van der Waals surface area contributed by atoms with Crippen LogP contribution in [0.5, 0.6) is 0 Å². The summed E-state index contributed by atoms with van der Waals surface area (Å²) in [6.07, 6.45) is 4.70. The van der Waals surface area contributed by atoms with Crippen LogP contribution in [0.3, 0.4) is 0 Å². The number of hydrogen-bond donors (Lipinski definition) is 2. The number of piperidine rings is 1. The lowest BCUT2D eigenvalue weighted by atomic mass is 9.96. The van der Waals surface area contributed by atoms with Crippen molar-refractivity contribution in [1.29, 1.82) is 0 Å². The molecule has 2 atom stereocenters. The van der Waals surface area contributed by atoms with Crippen molar-refractivity contribution in [2.75, 3.05) is 32.7 Å². The Kier molecular flexibility index (Phi) is 8.07. The molecule has 4 heteroatoms. The fourth-order valence-corrected chi connectivity index (χ4v) is 2.67. The van der Waals surface area contributed by atoms with Crippen molar-refractivity contribution < 1.29 is 4.79 Å². The Labute approximate surface area is 118 Å². The minimum atomic E-state index is 0.0151. The van der Waals surface area contributed by atoms with Gasteiger partial charge in [-0.05, 0) is 51.7 Å². The number of rotatable bonds is 8. The molecule has 0 aromatic heterocycles. The summed E-state index contributed by atoms with van der Waals surface area (Å²) in [5, 5.41) is 6.46. The van der Waals surface area contributed by atoms with Gasteiger partial charge in [-0.15, -0.1) is 0 Å². The van der Waals surface area contributed by atoms with Gasteiger partial charge < -0.3 is 10.6 Å². The van der Waals surface area contributed by atoms with Crippen molar-refractivity contribution in [3.05, 3.63) is 0 Å². The van der Waals surface area contributed by atoms with Crippen LogP contribution in [-0.4, -0.2) is 49.6 Å². The maximum absolute atomic E-state index is 12.1. The summed E-state index contributed by atoms with van der Waals surface area (Å²) in [4.78, 5) is 14.4. The molecule has 0 bridgehead atoms. The van der Waals surface area contributed by atoms with Gasteiger partial charge in [-0.3, -0.25) is 9.69 Å². The number of carbonyl (C=O) groups excluding carboxylic acids is 1. The van der Waals surface area contributed by atoms with E-state index in [0.717, 1.165) is 45.6 Å². The SMILES string of the molecule is CCCCNC(=O)C(C)N1CCCC(CNCC)C1. The maximum Gasteiger partial charge on any atom is 0.237 e. The number of nitrogens with zero attached hydrogens (tertiary/aromatic N) is 1. The Bertz CT molecular complexity index is 258. The molecule has 1 amide bonds. The predicted octanol–water partition coefficient (Wildman–Crippen LogP) is 1.61. The average Bonchev–Trinajstić information content (AvgIpc) is 2.44. The second-order valence-corrected chi connectivity index (χ2v) is 5.63. The molecule has 1 aliphatic rings. The fourth-order valence-electron chi connectivity index (χ4n) is 2.67. The zero-order valence-electron chi connectivity index (χ0n) is 12.9. The normalized spacial score (nSPS) is 22.2. The lowest BCUT2D eigenvalue weighted by Gasteiger charge is -2.36. The third-order valence-electron chi connectivity index (χ3n) is 3.99. The van der Waals surface area contributed by atoms with E-state index in [2.05, 4.69) is 29.4 Å². The summed E-state index contributed by atoms with van der Waals surface area (Å²) in [6.45, 7) is 11.4. The standard InChI is InChI=1S/C15H31N3O/c1-4-6-9-17-15(19)13(3)18-10-7-8-14(12-18)11-16-5-2/h13-14,16H,4-12H2,1-3H3,(H,17,19). The van der Waals surface area contributed by atoms with Gasteiger partial charge in [-0.2, -0.15) is 0 Å². The van der Waals surface area contributed by atoms with E-state index >= 15 is 0 Å². The van der Waals surface area contributed by atoms with E-state index in [4.69, 9.17) is 0 Å². The van der Waals surface area contributed by atoms with Crippen molar-refractivity contribution in [3.8, 4) is 0 Å². The van der Waals surface area contributed by atoms with Gasteiger partial charge in [-0.25, -0.2) is 0 Å². The van der Waals surface area contributed by atoms with E-state index in [9.17, 15) is 4.79 Å². The zero-order valence-corrected chi connectivity index (χ0v) is 12.9. The molecule has 0 radical (unpaired) electrons. The third kappa shape index (κ3) is 5.91. The molecule has 2 N–H and O–H groups in total. The molecule has 0 aromatic carbocycles. The van der Waals surface area contributed by atoms with E-state index in [1.54, 1.807) is 0 Å². The van der Waals surface area contributed by atoms with Gasteiger partial charge in [0.15, 0.2) is 0 Å². The van der Waals surface area contributed by atoms with Crippen LogP contribution >= 0.6 is 0 Å². The molecule has 2 unspecified atom stereocenters. The number of carbonyl (C=O) groups is 1. The van der Waals surface area contributed by atoms with Crippen LogP contribution in [0.15, 0.2) is 0 Å². The van der Waals surface area contributed by atoms with E-state index in [1.807, 2.05) is 6.92 Å². The smallest absolute Gasteiger partial charge is 0.237 e. The minimum absolute atomic E-state index is 0.0151. The van der Waals surface area contributed by atoms with E-state index in [1.165, 1.54) is 12.8 Å². The zero-order chi connectivity index (χ0) is 14.1. The Morgan fingerprint density at radius 2 is 2.21 bits per heavy atom. The van der Waals surface area contributed by atoms with Gasteiger partial charge >= 0.3 is 0 Å². The summed E-state index contributed by atoms with van der Waals surface area (Å²) in [6, 6.07) is 0.0151. The monoisotopic (exact) mass is 269 g/mol. The van der Waals surface area contributed by atoms with Gasteiger partial charge in [0.2, 0.25) is 5.91 Å². The maximum atomic E-state index is 12.1. The highest BCUT2D eigenvalue weighted by Gasteiger charge is 2.26. The van der Waals surface area contributed by atoms with Crippen LogP contribution in [0.4, 0.5) is 0 Å². The Morgan fingerprint density at radius 3 is 2.89 bits per heavy atom. The molecule has 1 heterocycles. The summed E-state index contributed by atoms with van der Waals surface area (Å²) in [5.74, 6) is 0.886. The second kappa shape index (κ2) is 9.32. The summed E-state index contributed by atoms with van der Waals surface area (Å²) in [7, 11) is 0. The topological polar surface area (TPSA) is 44.4 Å². The number of unbranched alkanes of at least 4 members (excludes halogenated alkanes) is 1. The van der Waals surface area contributed by atoms with E-state index < -0.39 is 0 Å². The summed E-state index contributed by atoms with van der Waals surface area (Å²) < 4.78 is 0. The molecule has 4 nitrogen and oxygen atoms in total. The van der Waals surface area contributed by atoms with Crippen LogP contribution in [0.2, 0.25) is 0 Å². The molecule has 0 aliphatic carbocycles. The van der Waals surface area contributed by atoms with Crippen LogP contribution in [0, 0.1) is 5.92 Å². The molecule has 0 spiro atoms. The fraction of sp³-hybridized carbons (Fsp3) is 0.933. The van der Waals surface area contributed by atoms with Gasteiger partial charge in [0.05, 0.1) is 6.04 Å². The average molecular weight is 269 g/mol. The molecule has 0 aromatic rings. The first-order valence-electron chi connectivity index (χ1n) is 7.91. The molecular formula is C15H31N3O. The van der Waals surface area contributed by atoms with Gasteiger partial charge in [0.25, 0.3) is 0 Å². The van der Waals surface area contributed by atoms with E-state index in [-0.39, 0.29) is 11.9 Å². The lowest BCUT2D eigenvalue weighted by molar-refractivity contribution is -0.126. The van der Waals surface area contributed by atoms with Crippen molar-refractivity contribution >= 4 is 5.91 Å². The van der Waals surface area contributed by atoms with Crippen LogP contribution < -0.4 is 10.6 Å². The number of hydrogen-bond acceptors (Lipinski definition) is 3. The molecule has 112 valence electrons. The Hall–Kier alpha value is -0.610. The van der Waals surface area contributed by atoms with Crippen molar-refractivity contribution in [2.24, 2.45) is 5.92 Å². The summed E-state index contributed by atoms with van der Waals surface area (Å²) in [5.41, 5.74) is 0. The van der Waals surface area contributed by atoms with Crippen molar-refractivity contribution in [3.63, 3.8) is 0 Å². The van der Waals surface area contributed by atoms with Gasteiger partial charge in [0, 0.05) is 13.1 Å².